The van der Waals surface area contributed by atoms with Gasteiger partial charge in [0, 0.05) is 19.4 Å². The number of rotatable bonds is 32. The predicted molar refractivity (Wildman–Crippen MR) is 155 cm³/mol. The van der Waals surface area contributed by atoms with E-state index in [4.69, 9.17) is 43.6 Å². The van der Waals surface area contributed by atoms with Crippen LogP contribution < -0.4 is 16.4 Å². The van der Waals surface area contributed by atoms with Crippen LogP contribution in [0.4, 0.5) is 0 Å². The van der Waals surface area contributed by atoms with Crippen LogP contribution in [-0.2, 0) is 52.3 Å². The van der Waals surface area contributed by atoms with Crippen molar-refractivity contribution >= 4 is 17.7 Å². The van der Waals surface area contributed by atoms with Gasteiger partial charge in [0.25, 0.3) is 0 Å². The molecule has 0 aliphatic rings. The molecular formula is C28H55N3O11. The summed E-state index contributed by atoms with van der Waals surface area (Å²) in [6, 6.07) is -0.677. The van der Waals surface area contributed by atoms with Gasteiger partial charge in [-0.2, -0.15) is 0 Å². The number of ether oxygens (including phenoxy) is 8. The molecule has 0 saturated heterocycles. The zero-order valence-electron chi connectivity index (χ0n) is 25.9. The molecule has 0 aliphatic carbocycles. The first-order chi connectivity index (χ1) is 20.4. The van der Waals surface area contributed by atoms with Crippen LogP contribution in [0.3, 0.4) is 0 Å². The molecule has 0 rings (SSSR count). The molecule has 0 radical (unpaired) electrons. The third-order valence-electron chi connectivity index (χ3n) is 5.41. The SMILES string of the molecule is CCCC(=O)NCCOCCOCCOCCOCCOCCOCCOCCOCCC(=O)N[C@H](C(N)=O)C(C)C. The van der Waals surface area contributed by atoms with E-state index in [1.54, 1.807) is 0 Å². The number of primary amides is 1. The fraction of sp³-hybridized carbons (Fsp3) is 0.893. The smallest absolute Gasteiger partial charge is 0.240 e. The number of carbonyl (C=O) groups excluding carboxylic acids is 3. The Morgan fingerprint density at radius 2 is 0.905 bits per heavy atom. The van der Waals surface area contributed by atoms with Gasteiger partial charge in [0.15, 0.2) is 0 Å². The van der Waals surface area contributed by atoms with Crippen molar-refractivity contribution in [2.24, 2.45) is 11.7 Å². The average Bonchev–Trinajstić information content (AvgIpc) is 2.95. The second kappa shape index (κ2) is 30.5. The number of carbonyl (C=O) groups is 3. The summed E-state index contributed by atoms with van der Waals surface area (Å²) in [6.07, 6.45) is 1.54. The van der Waals surface area contributed by atoms with Gasteiger partial charge in [0.05, 0.1) is 106 Å². The van der Waals surface area contributed by atoms with E-state index in [1.807, 2.05) is 20.8 Å². The van der Waals surface area contributed by atoms with Crippen LogP contribution in [0.5, 0.6) is 0 Å². The van der Waals surface area contributed by atoms with E-state index in [0.29, 0.717) is 112 Å². The Morgan fingerprint density at radius 1 is 0.548 bits per heavy atom. The molecule has 0 aromatic heterocycles. The monoisotopic (exact) mass is 609 g/mol. The van der Waals surface area contributed by atoms with Crippen molar-refractivity contribution in [1.29, 1.82) is 0 Å². The number of nitrogens with one attached hydrogen (secondary N) is 2. The van der Waals surface area contributed by atoms with E-state index in [2.05, 4.69) is 10.6 Å². The molecule has 14 nitrogen and oxygen atoms in total. The van der Waals surface area contributed by atoms with Gasteiger partial charge in [0.2, 0.25) is 17.7 Å². The zero-order valence-corrected chi connectivity index (χ0v) is 25.9. The highest BCUT2D eigenvalue weighted by molar-refractivity contribution is 5.86. The molecule has 0 aliphatic heterocycles. The van der Waals surface area contributed by atoms with Crippen LogP contribution in [0.15, 0.2) is 0 Å². The Kier molecular flexibility index (Phi) is 29.2. The molecule has 0 heterocycles. The Morgan fingerprint density at radius 3 is 1.24 bits per heavy atom. The molecule has 14 heteroatoms. The summed E-state index contributed by atoms with van der Waals surface area (Å²) in [5.74, 6) is -0.838. The topological polar surface area (TPSA) is 175 Å². The summed E-state index contributed by atoms with van der Waals surface area (Å²) in [5.41, 5.74) is 5.28. The van der Waals surface area contributed by atoms with Gasteiger partial charge in [-0.3, -0.25) is 14.4 Å². The van der Waals surface area contributed by atoms with Crippen molar-refractivity contribution in [1.82, 2.24) is 10.6 Å². The van der Waals surface area contributed by atoms with Crippen LogP contribution in [0.25, 0.3) is 0 Å². The van der Waals surface area contributed by atoms with Crippen LogP contribution >= 0.6 is 0 Å². The van der Waals surface area contributed by atoms with E-state index in [9.17, 15) is 14.4 Å². The highest BCUT2D eigenvalue weighted by atomic mass is 16.6. The van der Waals surface area contributed by atoms with Gasteiger partial charge >= 0.3 is 0 Å². The number of hydrogen-bond donors (Lipinski definition) is 3. The van der Waals surface area contributed by atoms with Crippen LogP contribution in [0.1, 0.15) is 40.0 Å². The molecule has 0 fully saturated rings. The Balaban J connectivity index is 3.21. The lowest BCUT2D eigenvalue weighted by Gasteiger charge is -2.18. The third-order valence-corrected chi connectivity index (χ3v) is 5.41. The normalized spacial score (nSPS) is 12.0. The molecule has 1 atom stereocenters. The summed E-state index contributed by atoms with van der Waals surface area (Å²) >= 11 is 0. The first-order valence-corrected chi connectivity index (χ1v) is 14.9. The van der Waals surface area contributed by atoms with E-state index in [0.717, 1.165) is 6.42 Å². The molecule has 0 spiro atoms. The van der Waals surface area contributed by atoms with Crippen molar-refractivity contribution in [3.8, 4) is 0 Å². The molecule has 0 bridgehead atoms. The second-order valence-corrected chi connectivity index (χ2v) is 9.44. The molecule has 0 aromatic carbocycles. The minimum absolute atomic E-state index is 0.0539. The summed E-state index contributed by atoms with van der Waals surface area (Å²) < 4.78 is 43.3. The summed E-state index contributed by atoms with van der Waals surface area (Å²) in [5, 5.41) is 5.40. The lowest BCUT2D eigenvalue weighted by atomic mass is 10.0. The number of hydrogen-bond acceptors (Lipinski definition) is 11. The average molecular weight is 610 g/mol. The third kappa shape index (κ3) is 28.2. The maximum Gasteiger partial charge on any atom is 0.240 e. The minimum Gasteiger partial charge on any atom is -0.379 e. The fourth-order valence-electron chi connectivity index (χ4n) is 3.20. The van der Waals surface area contributed by atoms with Gasteiger partial charge in [-0.05, 0) is 12.3 Å². The predicted octanol–water partition coefficient (Wildman–Crippen LogP) is 0.0517. The van der Waals surface area contributed by atoms with Gasteiger partial charge in [-0.1, -0.05) is 20.8 Å². The first-order valence-electron chi connectivity index (χ1n) is 14.9. The highest BCUT2D eigenvalue weighted by Gasteiger charge is 2.21. The molecule has 42 heavy (non-hydrogen) atoms. The van der Waals surface area contributed by atoms with Crippen LogP contribution in [0.2, 0.25) is 0 Å². The lowest BCUT2D eigenvalue weighted by Crippen LogP contribution is -2.47. The number of nitrogens with two attached hydrogens (primary N) is 1. The van der Waals surface area contributed by atoms with Gasteiger partial charge < -0.3 is 54.3 Å². The Labute approximate surface area is 250 Å². The molecule has 0 saturated carbocycles. The Hall–Kier alpha value is -1.91. The highest BCUT2D eigenvalue weighted by Crippen LogP contribution is 2.01. The fourth-order valence-corrected chi connectivity index (χ4v) is 3.20. The van der Waals surface area contributed by atoms with Crippen LogP contribution in [0, 0.1) is 5.92 Å². The van der Waals surface area contributed by atoms with Crippen LogP contribution in [-0.4, -0.2) is 136 Å². The Bertz CT molecular complexity index is 657. The quantitative estimate of drug-likeness (QED) is 0.0879. The molecule has 4 N–H and O–H groups in total. The second-order valence-electron chi connectivity index (χ2n) is 9.44. The maximum absolute atomic E-state index is 11.8. The van der Waals surface area contributed by atoms with Crippen molar-refractivity contribution in [2.75, 3.05) is 112 Å². The molecular weight excluding hydrogens is 554 g/mol. The van der Waals surface area contributed by atoms with E-state index < -0.39 is 11.9 Å². The van der Waals surface area contributed by atoms with E-state index in [1.165, 1.54) is 0 Å². The first kappa shape index (κ1) is 40.1. The summed E-state index contributed by atoms with van der Waals surface area (Å²) in [6.45, 7) is 13.2. The van der Waals surface area contributed by atoms with Gasteiger partial charge in [0.1, 0.15) is 6.04 Å². The maximum atomic E-state index is 11.8. The lowest BCUT2D eigenvalue weighted by molar-refractivity contribution is -0.129. The molecule has 0 aromatic rings. The van der Waals surface area contributed by atoms with Gasteiger partial charge in [-0.15, -0.1) is 0 Å². The largest absolute Gasteiger partial charge is 0.379 e. The molecule has 0 unspecified atom stereocenters. The minimum atomic E-state index is -0.677. The standard InChI is InChI=1S/C28H55N3O11/c1-4-5-25(32)30-7-9-36-11-13-38-15-17-40-19-21-42-23-22-41-20-18-39-16-14-37-12-10-35-8-6-26(33)31-27(24(2)3)28(29)34/h24,27H,4-23H2,1-3H3,(H2,29,34)(H,30,32)(H,31,33)/t27-/m0/s1. The molecule has 248 valence electrons. The van der Waals surface area contributed by atoms with Crippen molar-refractivity contribution in [2.45, 2.75) is 46.1 Å². The van der Waals surface area contributed by atoms with E-state index in [-0.39, 0.29) is 30.8 Å². The summed E-state index contributed by atoms with van der Waals surface area (Å²) in [4.78, 5) is 34.4. The van der Waals surface area contributed by atoms with E-state index >= 15 is 0 Å². The summed E-state index contributed by atoms with van der Waals surface area (Å²) in [7, 11) is 0. The van der Waals surface area contributed by atoms with Crippen molar-refractivity contribution in [3.05, 3.63) is 0 Å². The van der Waals surface area contributed by atoms with Crippen molar-refractivity contribution in [3.63, 3.8) is 0 Å². The zero-order chi connectivity index (χ0) is 31.1. The van der Waals surface area contributed by atoms with Crippen molar-refractivity contribution < 1.29 is 52.3 Å². The van der Waals surface area contributed by atoms with Gasteiger partial charge in [-0.25, -0.2) is 0 Å². The molecule has 3 amide bonds. The number of amides is 3.